The molecule has 0 amide bonds. The van der Waals surface area contributed by atoms with E-state index in [0.717, 1.165) is 167 Å². The van der Waals surface area contributed by atoms with Crippen LogP contribution in [0.5, 0.6) is 0 Å². The highest BCUT2D eigenvalue weighted by molar-refractivity contribution is 7.47. The number of phosphoric ester groups is 2. The third kappa shape index (κ3) is 69.9. The number of phosphoric acid groups is 2. The Morgan fingerprint density at radius 1 is 0.296 bits per heavy atom. The van der Waals surface area contributed by atoms with Crippen molar-refractivity contribution in [3.8, 4) is 0 Å². The van der Waals surface area contributed by atoms with E-state index in [1.54, 1.807) is 0 Å². The third-order valence-electron chi connectivity index (χ3n) is 15.4. The van der Waals surface area contributed by atoms with Crippen molar-refractivity contribution in [3.05, 3.63) is 122 Å². The predicted octanol–water partition coefficient (Wildman–Crippen LogP) is 21.6. The van der Waals surface area contributed by atoms with Gasteiger partial charge in [-0.1, -0.05) is 265 Å². The molecule has 0 heterocycles. The van der Waals surface area contributed by atoms with Gasteiger partial charge in [-0.25, -0.2) is 9.13 Å². The van der Waals surface area contributed by atoms with Crippen LogP contribution < -0.4 is 0 Å². The van der Waals surface area contributed by atoms with Crippen molar-refractivity contribution >= 4 is 39.5 Å². The Hall–Kier alpha value is -4.54. The number of aliphatic hydroxyl groups excluding tert-OH is 1. The lowest BCUT2D eigenvalue weighted by molar-refractivity contribution is -0.161. The number of carbonyl (C=O) groups excluding carboxylic acids is 4. The molecule has 0 bridgehead atoms. The molecular weight excluding hydrogens is 1280 g/mol. The molecule has 0 rings (SSSR count). The van der Waals surface area contributed by atoms with Gasteiger partial charge in [0.1, 0.15) is 19.3 Å². The van der Waals surface area contributed by atoms with E-state index in [-0.39, 0.29) is 25.7 Å². The molecule has 0 aromatic rings. The van der Waals surface area contributed by atoms with Crippen LogP contribution in [0, 0.1) is 0 Å². The van der Waals surface area contributed by atoms with Gasteiger partial charge in [-0.15, -0.1) is 0 Å². The van der Waals surface area contributed by atoms with E-state index < -0.39 is 97.5 Å². The van der Waals surface area contributed by atoms with Crippen LogP contribution in [0.4, 0.5) is 0 Å². The van der Waals surface area contributed by atoms with Gasteiger partial charge in [0.05, 0.1) is 26.4 Å². The SMILES string of the molecule is CC/C=C\C/C=C\C/C=C\C/C=C\CCCCC(=O)OCC(COP(=O)(O)OCC(O)COP(=O)(O)OCC(COC(=O)CCCCCCC/C=C\C/C=C\C/C=C\CC)OC(=O)CCCCCCC/C=C\C/C=C\C/C=C\CC)OC(=O)CCCCCCCCCCCCCCC. The van der Waals surface area contributed by atoms with Crippen LogP contribution >= 0.6 is 15.6 Å². The molecule has 562 valence electrons. The molecular formula is C79H134O17P2. The van der Waals surface area contributed by atoms with Crippen molar-refractivity contribution < 1.29 is 80.2 Å². The van der Waals surface area contributed by atoms with Crippen molar-refractivity contribution in [2.24, 2.45) is 0 Å². The Bertz CT molecular complexity index is 2340. The molecule has 0 radical (unpaired) electrons. The van der Waals surface area contributed by atoms with E-state index in [2.05, 4.69) is 149 Å². The fourth-order valence-electron chi connectivity index (χ4n) is 9.77. The van der Waals surface area contributed by atoms with Gasteiger partial charge in [0.2, 0.25) is 0 Å². The summed E-state index contributed by atoms with van der Waals surface area (Å²) in [6, 6.07) is 0. The maximum atomic E-state index is 13.1. The first-order valence-electron chi connectivity index (χ1n) is 37.8. The summed E-state index contributed by atoms with van der Waals surface area (Å²) in [6.07, 6.45) is 76.2. The molecule has 0 aliphatic rings. The smallest absolute Gasteiger partial charge is 0.462 e. The van der Waals surface area contributed by atoms with Gasteiger partial charge in [0.25, 0.3) is 0 Å². The van der Waals surface area contributed by atoms with Gasteiger partial charge in [-0.3, -0.25) is 37.3 Å². The number of aliphatic hydroxyl groups is 1. The second kappa shape index (κ2) is 70.9. The first-order valence-corrected chi connectivity index (χ1v) is 40.8. The van der Waals surface area contributed by atoms with E-state index in [1.807, 2.05) is 0 Å². The zero-order valence-corrected chi connectivity index (χ0v) is 63.0. The molecule has 0 aromatic carbocycles. The highest BCUT2D eigenvalue weighted by Gasteiger charge is 2.30. The molecule has 0 saturated carbocycles. The number of unbranched alkanes of at least 4 members (excludes halogenated alkanes) is 24. The molecule has 3 N–H and O–H groups in total. The molecule has 0 aromatic heterocycles. The van der Waals surface area contributed by atoms with Crippen LogP contribution in [0.3, 0.4) is 0 Å². The molecule has 5 unspecified atom stereocenters. The molecule has 0 aliphatic heterocycles. The quantitative estimate of drug-likeness (QED) is 0.0169. The summed E-state index contributed by atoms with van der Waals surface area (Å²) in [7, 11) is -9.97. The maximum Gasteiger partial charge on any atom is 0.472 e. The number of allylic oxidation sites excluding steroid dienone is 20. The van der Waals surface area contributed by atoms with Crippen LogP contribution in [-0.2, 0) is 65.4 Å². The van der Waals surface area contributed by atoms with E-state index >= 15 is 0 Å². The predicted molar refractivity (Wildman–Crippen MR) is 399 cm³/mol. The number of hydrogen-bond donors (Lipinski definition) is 3. The lowest BCUT2D eigenvalue weighted by Gasteiger charge is -2.21. The van der Waals surface area contributed by atoms with Gasteiger partial charge >= 0.3 is 39.5 Å². The molecule has 0 spiro atoms. The average Bonchev–Trinajstić information content (AvgIpc) is 0.959. The molecule has 0 saturated heterocycles. The molecule has 0 fully saturated rings. The second-order valence-corrected chi connectivity index (χ2v) is 27.7. The Kier molecular flexibility index (Phi) is 67.6. The largest absolute Gasteiger partial charge is 0.472 e. The second-order valence-electron chi connectivity index (χ2n) is 24.8. The van der Waals surface area contributed by atoms with Gasteiger partial charge in [-0.2, -0.15) is 0 Å². The van der Waals surface area contributed by atoms with Crippen LogP contribution in [0.15, 0.2) is 122 Å². The standard InChI is InChI=1S/C79H134O17P2/c1-5-9-13-17-21-25-29-33-36-40-43-47-51-55-59-63-76(81)89-69-74(95-78(83)65-61-57-53-49-45-39-32-28-24-20-16-12-8-4)71-93-97(85,86)91-67-73(80)68-92-98(87,88)94-72-75(96-79(84)66-62-58-54-50-46-42-38-35-31-27-23-19-15-11-7-3)70-90-77(82)64-60-56-52-48-44-41-37-34-30-26-22-18-14-10-6-2/h9-11,13-15,21-23,25-27,33-38,43,47,73-75,80H,5-8,12,16-20,24,28-32,39-42,44-46,48-72H2,1-4H3,(H,85,86)(H,87,88)/b13-9-,14-10-,15-11-,25-21-,26-22-,27-23-,36-33-,37-34-,38-35-,47-43-. The Balaban J connectivity index is 5.40. The van der Waals surface area contributed by atoms with Crippen LogP contribution in [0.2, 0.25) is 0 Å². The van der Waals surface area contributed by atoms with Crippen molar-refractivity contribution in [1.29, 1.82) is 0 Å². The summed E-state index contributed by atoms with van der Waals surface area (Å²) >= 11 is 0. The van der Waals surface area contributed by atoms with E-state index in [0.29, 0.717) is 25.7 Å². The Labute approximate surface area is 593 Å². The first-order chi connectivity index (χ1) is 47.7. The number of rotatable bonds is 70. The molecule has 0 aliphatic carbocycles. The van der Waals surface area contributed by atoms with E-state index in [1.165, 1.54) is 51.4 Å². The Morgan fingerprint density at radius 2 is 0.531 bits per heavy atom. The summed E-state index contributed by atoms with van der Waals surface area (Å²) in [5.41, 5.74) is 0. The average molecular weight is 1420 g/mol. The number of esters is 4. The van der Waals surface area contributed by atoms with Crippen molar-refractivity contribution in [2.45, 2.75) is 316 Å². The molecule has 5 atom stereocenters. The third-order valence-corrected chi connectivity index (χ3v) is 17.3. The zero-order valence-electron chi connectivity index (χ0n) is 61.2. The van der Waals surface area contributed by atoms with E-state index in [4.69, 9.17) is 37.0 Å². The highest BCUT2D eigenvalue weighted by Crippen LogP contribution is 2.45. The lowest BCUT2D eigenvalue weighted by atomic mass is 10.0. The minimum absolute atomic E-state index is 0.0687. The highest BCUT2D eigenvalue weighted by atomic mass is 31.2. The molecule has 19 heteroatoms. The minimum atomic E-state index is -4.99. The van der Waals surface area contributed by atoms with Crippen molar-refractivity contribution in [2.75, 3.05) is 39.6 Å². The number of carbonyl (C=O) groups is 4. The van der Waals surface area contributed by atoms with Gasteiger partial charge < -0.3 is 33.8 Å². The van der Waals surface area contributed by atoms with Gasteiger partial charge in [0.15, 0.2) is 12.2 Å². The van der Waals surface area contributed by atoms with Gasteiger partial charge in [-0.05, 0) is 128 Å². The Morgan fingerprint density at radius 3 is 0.837 bits per heavy atom. The summed E-state index contributed by atoms with van der Waals surface area (Å²) in [5, 5.41) is 10.6. The fourth-order valence-corrected chi connectivity index (χ4v) is 11.3. The zero-order chi connectivity index (χ0) is 71.8. The topological polar surface area (TPSA) is 237 Å². The summed E-state index contributed by atoms with van der Waals surface area (Å²) in [4.78, 5) is 72.8. The number of hydrogen-bond acceptors (Lipinski definition) is 15. The summed E-state index contributed by atoms with van der Waals surface area (Å²) in [5.74, 6) is -2.26. The summed E-state index contributed by atoms with van der Waals surface area (Å²) < 4.78 is 68.4. The summed E-state index contributed by atoms with van der Waals surface area (Å²) in [6.45, 7) is 4.45. The fraction of sp³-hybridized carbons (Fsp3) is 0.696. The minimum Gasteiger partial charge on any atom is -0.462 e. The van der Waals surface area contributed by atoms with Crippen LogP contribution in [-0.4, -0.2) is 96.7 Å². The number of ether oxygens (including phenoxy) is 4. The lowest BCUT2D eigenvalue weighted by Crippen LogP contribution is -2.30. The first kappa shape index (κ1) is 93.5. The molecule has 98 heavy (non-hydrogen) atoms. The maximum absolute atomic E-state index is 13.1. The van der Waals surface area contributed by atoms with Crippen molar-refractivity contribution in [1.82, 2.24) is 0 Å². The normalized spacial score (nSPS) is 14.6. The van der Waals surface area contributed by atoms with E-state index in [9.17, 15) is 43.2 Å². The molecule has 17 nitrogen and oxygen atoms in total. The van der Waals surface area contributed by atoms with Gasteiger partial charge in [0, 0.05) is 25.7 Å². The van der Waals surface area contributed by atoms with Crippen LogP contribution in [0.1, 0.15) is 297 Å². The monoisotopic (exact) mass is 1420 g/mol. The van der Waals surface area contributed by atoms with Crippen molar-refractivity contribution in [3.63, 3.8) is 0 Å². The van der Waals surface area contributed by atoms with Crippen LogP contribution in [0.25, 0.3) is 0 Å².